The molecule has 0 saturated carbocycles. The largest absolute Gasteiger partial charge is 0.504 e. The first-order valence-corrected chi connectivity index (χ1v) is 13.4. The first-order chi connectivity index (χ1) is 16.0. The monoisotopic (exact) mass is 464 g/mol. The van der Waals surface area contributed by atoms with Crippen LogP contribution >= 0.6 is 0 Å². The molecule has 0 spiro atoms. The van der Waals surface area contributed by atoms with Crippen LogP contribution < -0.4 is 0 Å². The third-order valence-corrected chi connectivity index (χ3v) is 6.50. The average Bonchev–Trinajstić information content (AvgIpc) is 2.79. The summed E-state index contributed by atoms with van der Waals surface area (Å²) in [5.74, 6) is -1.48. The Balaban J connectivity index is 2.02. The molecule has 5 heteroatoms. The van der Waals surface area contributed by atoms with E-state index < -0.39 is 17.2 Å². The molecular formula is C28H48O5. The van der Waals surface area contributed by atoms with Crippen LogP contribution in [-0.4, -0.2) is 27.9 Å². The summed E-state index contributed by atoms with van der Waals surface area (Å²) >= 11 is 0. The molecule has 33 heavy (non-hydrogen) atoms. The summed E-state index contributed by atoms with van der Waals surface area (Å²) in [6.07, 6.45) is 20.9. The van der Waals surface area contributed by atoms with Crippen LogP contribution in [0.1, 0.15) is 122 Å². The highest BCUT2D eigenvalue weighted by Crippen LogP contribution is 2.35. The molecule has 0 aromatic heterocycles. The lowest BCUT2D eigenvalue weighted by Gasteiger charge is -2.15. The van der Waals surface area contributed by atoms with Gasteiger partial charge in [0.15, 0.2) is 17.2 Å². The van der Waals surface area contributed by atoms with E-state index >= 15 is 0 Å². The highest BCUT2D eigenvalue weighted by molar-refractivity contribution is 5.73. The van der Waals surface area contributed by atoms with E-state index in [0.717, 1.165) is 12.8 Å². The molecule has 0 amide bonds. The quantitative estimate of drug-likeness (QED) is 0.104. The third-order valence-electron chi connectivity index (χ3n) is 6.50. The molecule has 3 N–H and O–H groups in total. The topological polar surface area (TPSA) is 87.0 Å². The van der Waals surface area contributed by atoms with Gasteiger partial charge in [-0.15, -0.1) is 0 Å². The maximum absolute atomic E-state index is 12.1. The Labute approximate surface area is 201 Å². The van der Waals surface area contributed by atoms with Crippen molar-refractivity contribution >= 4 is 5.97 Å². The number of hydrogen-bond acceptors (Lipinski definition) is 5. The first kappa shape index (κ1) is 29.1. The van der Waals surface area contributed by atoms with Crippen molar-refractivity contribution in [2.45, 2.75) is 123 Å². The summed E-state index contributed by atoms with van der Waals surface area (Å²) in [5.41, 5.74) is 0.410. The first-order valence-electron chi connectivity index (χ1n) is 13.4. The lowest BCUT2D eigenvalue weighted by atomic mass is 9.98. The van der Waals surface area contributed by atoms with Crippen LogP contribution in [-0.2, 0) is 16.0 Å². The number of phenols is 3. The van der Waals surface area contributed by atoms with Crippen molar-refractivity contribution in [1.82, 2.24) is 0 Å². The van der Waals surface area contributed by atoms with E-state index in [2.05, 4.69) is 13.8 Å². The van der Waals surface area contributed by atoms with Gasteiger partial charge in [0.05, 0.1) is 13.0 Å². The van der Waals surface area contributed by atoms with Crippen LogP contribution in [0.3, 0.4) is 0 Å². The fourth-order valence-electron chi connectivity index (χ4n) is 4.22. The molecule has 0 aliphatic heterocycles. The highest BCUT2D eigenvalue weighted by atomic mass is 16.5. The molecule has 0 fully saturated rings. The zero-order valence-electron chi connectivity index (χ0n) is 21.1. The molecule has 0 aliphatic carbocycles. The van der Waals surface area contributed by atoms with Crippen LogP contribution in [0.25, 0.3) is 0 Å². The van der Waals surface area contributed by atoms with Gasteiger partial charge in [-0.1, -0.05) is 110 Å². The molecule has 1 aromatic carbocycles. The number of carbonyl (C=O) groups is 1. The number of carbonyl (C=O) groups excluding carboxylic acids is 1. The van der Waals surface area contributed by atoms with Gasteiger partial charge in [0, 0.05) is 0 Å². The minimum Gasteiger partial charge on any atom is -0.504 e. The van der Waals surface area contributed by atoms with E-state index in [1.165, 1.54) is 102 Å². The Hall–Kier alpha value is -1.91. The fraction of sp³-hybridized carbons (Fsp3) is 0.750. The number of rotatable bonds is 20. The predicted octanol–water partition coefficient (Wildman–Crippen LogP) is 7.79. The summed E-state index contributed by atoms with van der Waals surface area (Å²) in [7, 11) is 0. The van der Waals surface area contributed by atoms with Gasteiger partial charge in [-0.05, 0) is 30.0 Å². The van der Waals surface area contributed by atoms with E-state index in [1.807, 2.05) is 0 Å². The van der Waals surface area contributed by atoms with Gasteiger partial charge in [-0.3, -0.25) is 4.79 Å². The Bertz CT molecular complexity index is 620. The van der Waals surface area contributed by atoms with Gasteiger partial charge < -0.3 is 20.1 Å². The van der Waals surface area contributed by atoms with Crippen LogP contribution in [0, 0.1) is 5.92 Å². The van der Waals surface area contributed by atoms with Crippen molar-refractivity contribution < 1.29 is 24.9 Å². The number of esters is 1. The van der Waals surface area contributed by atoms with Gasteiger partial charge in [0.2, 0.25) is 0 Å². The molecule has 0 radical (unpaired) electrons. The maximum atomic E-state index is 12.1. The van der Waals surface area contributed by atoms with Crippen molar-refractivity contribution in [3.8, 4) is 17.2 Å². The van der Waals surface area contributed by atoms with Gasteiger partial charge in [-0.25, -0.2) is 0 Å². The molecule has 190 valence electrons. The lowest BCUT2D eigenvalue weighted by Crippen LogP contribution is -2.15. The van der Waals surface area contributed by atoms with Crippen LogP contribution in [0.5, 0.6) is 17.2 Å². The van der Waals surface area contributed by atoms with Crippen LogP contribution in [0.2, 0.25) is 0 Å². The Morgan fingerprint density at radius 1 is 0.758 bits per heavy atom. The summed E-state index contributed by atoms with van der Waals surface area (Å²) in [4.78, 5) is 12.1. The minimum atomic E-state index is -0.577. The second-order valence-electron chi connectivity index (χ2n) is 9.50. The minimum absolute atomic E-state index is 0.0449. The number of ether oxygens (including phenoxy) is 1. The molecule has 5 nitrogen and oxygen atoms in total. The molecule has 1 unspecified atom stereocenters. The van der Waals surface area contributed by atoms with Gasteiger partial charge >= 0.3 is 5.97 Å². The summed E-state index contributed by atoms with van der Waals surface area (Å²) < 4.78 is 5.41. The fourth-order valence-corrected chi connectivity index (χ4v) is 4.22. The standard InChI is InChI=1S/C28H48O5/c1-3-5-6-7-8-9-10-11-12-13-14-15-16-17-18-23(4-2)22-33-27(31)21-24-19-25(29)28(32)26(30)20-24/h19-20,23,29-30,32H,3-18,21-22H2,1-2H3. The molecule has 0 saturated heterocycles. The number of aromatic hydroxyl groups is 3. The molecule has 0 aliphatic rings. The van der Waals surface area contributed by atoms with E-state index in [-0.39, 0.29) is 12.4 Å². The maximum Gasteiger partial charge on any atom is 0.310 e. The van der Waals surface area contributed by atoms with Crippen LogP contribution in [0.15, 0.2) is 12.1 Å². The van der Waals surface area contributed by atoms with E-state index in [4.69, 9.17) is 4.74 Å². The highest BCUT2D eigenvalue weighted by Gasteiger charge is 2.14. The Morgan fingerprint density at radius 2 is 1.21 bits per heavy atom. The molecule has 0 bridgehead atoms. The number of hydrogen-bond donors (Lipinski definition) is 3. The van der Waals surface area contributed by atoms with E-state index in [0.29, 0.717) is 18.1 Å². The second kappa shape index (κ2) is 18.5. The molecular weight excluding hydrogens is 416 g/mol. The smallest absolute Gasteiger partial charge is 0.310 e. The SMILES string of the molecule is CCCCCCCCCCCCCCCCC(CC)COC(=O)Cc1cc(O)c(O)c(O)c1. The third kappa shape index (κ3) is 14.1. The number of unbranched alkanes of at least 4 members (excludes halogenated alkanes) is 13. The molecule has 0 heterocycles. The zero-order chi connectivity index (χ0) is 24.3. The average molecular weight is 465 g/mol. The summed E-state index contributed by atoms with van der Waals surface area (Å²) in [5, 5.41) is 28.5. The van der Waals surface area contributed by atoms with Gasteiger partial charge in [0.1, 0.15) is 0 Å². The Morgan fingerprint density at radius 3 is 1.67 bits per heavy atom. The predicted molar refractivity (Wildman–Crippen MR) is 135 cm³/mol. The summed E-state index contributed by atoms with van der Waals surface area (Å²) in [6.45, 7) is 4.80. The lowest BCUT2D eigenvalue weighted by molar-refractivity contribution is -0.144. The van der Waals surface area contributed by atoms with Crippen molar-refractivity contribution in [3.63, 3.8) is 0 Å². The van der Waals surface area contributed by atoms with E-state index in [1.54, 1.807) is 0 Å². The van der Waals surface area contributed by atoms with Gasteiger partial charge in [0.25, 0.3) is 0 Å². The van der Waals surface area contributed by atoms with Crippen molar-refractivity contribution in [3.05, 3.63) is 17.7 Å². The molecule has 1 atom stereocenters. The van der Waals surface area contributed by atoms with Crippen molar-refractivity contribution in [2.24, 2.45) is 5.92 Å². The Kier molecular flexibility index (Phi) is 16.3. The van der Waals surface area contributed by atoms with Crippen molar-refractivity contribution in [2.75, 3.05) is 6.61 Å². The second-order valence-corrected chi connectivity index (χ2v) is 9.50. The summed E-state index contributed by atoms with van der Waals surface area (Å²) in [6, 6.07) is 2.53. The van der Waals surface area contributed by atoms with Crippen molar-refractivity contribution in [1.29, 1.82) is 0 Å². The van der Waals surface area contributed by atoms with Gasteiger partial charge in [-0.2, -0.15) is 0 Å². The van der Waals surface area contributed by atoms with Crippen LogP contribution in [0.4, 0.5) is 0 Å². The molecule has 1 aromatic rings. The number of phenolic OH excluding ortho intramolecular Hbond substituents is 3. The normalized spacial score (nSPS) is 12.1. The molecule has 1 rings (SSSR count). The zero-order valence-corrected chi connectivity index (χ0v) is 21.1. The number of benzene rings is 1. The van der Waals surface area contributed by atoms with E-state index in [9.17, 15) is 20.1 Å².